The molecule has 0 atom stereocenters. The van der Waals surface area contributed by atoms with Crippen molar-refractivity contribution in [3.8, 4) is 0 Å². The predicted octanol–water partition coefficient (Wildman–Crippen LogP) is 4.55. The molecule has 23 heavy (non-hydrogen) atoms. The zero-order valence-corrected chi connectivity index (χ0v) is 15.8. The Morgan fingerprint density at radius 3 is 2.87 bits per heavy atom. The summed E-state index contributed by atoms with van der Waals surface area (Å²) < 4.78 is 3.64. The first-order valence-electron chi connectivity index (χ1n) is 6.94. The molecule has 116 valence electrons. The van der Waals surface area contributed by atoms with Gasteiger partial charge in [0.25, 0.3) is 5.91 Å². The second-order valence-electron chi connectivity index (χ2n) is 4.98. The smallest absolute Gasteiger partial charge is 0.256 e. The van der Waals surface area contributed by atoms with Crippen molar-refractivity contribution >= 4 is 50.1 Å². The molecule has 0 bridgehead atoms. The molecule has 1 aromatic heterocycles. The van der Waals surface area contributed by atoms with Crippen LogP contribution in [0.15, 0.2) is 65.4 Å². The first-order chi connectivity index (χ1) is 11.1. The number of carbonyl (C=O) groups excluding carboxylic acids is 1. The van der Waals surface area contributed by atoms with Crippen LogP contribution in [0.5, 0.6) is 0 Å². The number of aromatic nitrogens is 2. The van der Waals surface area contributed by atoms with Crippen LogP contribution in [-0.2, 0) is 6.54 Å². The summed E-state index contributed by atoms with van der Waals surface area (Å²) in [5, 5.41) is 7.15. The van der Waals surface area contributed by atoms with E-state index >= 15 is 0 Å². The highest BCUT2D eigenvalue weighted by atomic mass is 127. The van der Waals surface area contributed by atoms with Gasteiger partial charge in [0, 0.05) is 26.1 Å². The van der Waals surface area contributed by atoms with Gasteiger partial charge in [0.15, 0.2) is 0 Å². The molecule has 0 spiro atoms. The molecule has 6 heteroatoms. The van der Waals surface area contributed by atoms with E-state index < -0.39 is 0 Å². The summed E-state index contributed by atoms with van der Waals surface area (Å²) in [6, 6.07) is 15.3. The van der Waals surface area contributed by atoms with E-state index in [1.165, 1.54) is 0 Å². The van der Waals surface area contributed by atoms with Crippen LogP contribution in [0.1, 0.15) is 15.9 Å². The van der Waals surface area contributed by atoms with Gasteiger partial charge in [-0.25, -0.2) is 0 Å². The van der Waals surface area contributed by atoms with Crippen molar-refractivity contribution in [2.24, 2.45) is 0 Å². The Bertz CT molecular complexity index is 834. The van der Waals surface area contributed by atoms with Crippen LogP contribution in [0.3, 0.4) is 0 Å². The highest BCUT2D eigenvalue weighted by Crippen LogP contribution is 2.20. The van der Waals surface area contributed by atoms with Crippen molar-refractivity contribution in [3.05, 3.63) is 80.1 Å². The van der Waals surface area contributed by atoms with Crippen LogP contribution in [0.4, 0.5) is 5.69 Å². The molecule has 1 amide bonds. The first-order valence-corrected chi connectivity index (χ1v) is 8.82. The van der Waals surface area contributed by atoms with E-state index in [-0.39, 0.29) is 5.91 Å². The monoisotopic (exact) mass is 481 g/mol. The lowest BCUT2D eigenvalue weighted by molar-refractivity contribution is 0.102. The molecule has 0 unspecified atom stereocenters. The van der Waals surface area contributed by atoms with Gasteiger partial charge in [-0.3, -0.25) is 9.48 Å². The Morgan fingerprint density at radius 1 is 1.22 bits per heavy atom. The molecule has 0 radical (unpaired) electrons. The van der Waals surface area contributed by atoms with Crippen LogP contribution in [0.2, 0.25) is 0 Å². The topological polar surface area (TPSA) is 46.9 Å². The minimum absolute atomic E-state index is 0.119. The summed E-state index contributed by atoms with van der Waals surface area (Å²) in [5.41, 5.74) is 2.50. The second kappa shape index (κ2) is 7.27. The molecule has 0 aliphatic carbocycles. The van der Waals surface area contributed by atoms with Gasteiger partial charge in [0.05, 0.1) is 12.1 Å². The van der Waals surface area contributed by atoms with Gasteiger partial charge in [-0.2, -0.15) is 5.10 Å². The first kappa shape index (κ1) is 16.2. The molecule has 0 aliphatic heterocycles. The van der Waals surface area contributed by atoms with Gasteiger partial charge in [-0.15, -0.1) is 0 Å². The number of anilines is 1. The third kappa shape index (κ3) is 4.20. The number of rotatable bonds is 4. The lowest BCUT2D eigenvalue weighted by Gasteiger charge is -2.09. The largest absolute Gasteiger partial charge is 0.322 e. The zero-order valence-electron chi connectivity index (χ0n) is 12.0. The molecule has 1 heterocycles. The minimum Gasteiger partial charge on any atom is -0.322 e. The number of nitrogens with one attached hydrogen (secondary N) is 1. The molecule has 3 rings (SSSR count). The Hall–Kier alpha value is -1.67. The Kier molecular flexibility index (Phi) is 5.12. The standard InChI is InChI=1S/C17H13BrIN3O/c18-13-5-6-16(19)15(10-13)17(23)21-14-4-1-3-12(9-14)11-22-8-2-7-20-22/h1-10H,11H2,(H,21,23). The summed E-state index contributed by atoms with van der Waals surface area (Å²) in [7, 11) is 0. The SMILES string of the molecule is O=C(Nc1cccc(Cn2cccn2)c1)c1cc(Br)ccc1I. The molecule has 0 saturated heterocycles. The van der Waals surface area contributed by atoms with Crippen molar-refractivity contribution in [3.63, 3.8) is 0 Å². The normalized spacial score (nSPS) is 10.5. The Labute approximate surface area is 156 Å². The van der Waals surface area contributed by atoms with Crippen molar-refractivity contribution in [1.82, 2.24) is 9.78 Å². The third-order valence-corrected chi connectivity index (χ3v) is 4.70. The van der Waals surface area contributed by atoms with Crippen LogP contribution < -0.4 is 5.32 Å². The lowest BCUT2D eigenvalue weighted by atomic mass is 10.1. The molecular weight excluding hydrogens is 469 g/mol. The number of hydrogen-bond acceptors (Lipinski definition) is 2. The molecule has 0 fully saturated rings. The lowest BCUT2D eigenvalue weighted by Crippen LogP contribution is -2.13. The summed E-state index contributed by atoms with van der Waals surface area (Å²) in [4.78, 5) is 12.5. The molecule has 4 nitrogen and oxygen atoms in total. The molecule has 1 N–H and O–H groups in total. The number of carbonyl (C=O) groups is 1. The molecule has 3 aromatic rings. The Balaban J connectivity index is 1.77. The quantitative estimate of drug-likeness (QED) is 0.555. The van der Waals surface area contributed by atoms with E-state index in [2.05, 4.69) is 48.9 Å². The summed E-state index contributed by atoms with van der Waals surface area (Å²) in [5.74, 6) is -0.119. The Morgan fingerprint density at radius 2 is 2.09 bits per heavy atom. The molecule has 2 aromatic carbocycles. The molecule has 0 aliphatic rings. The van der Waals surface area contributed by atoms with Crippen LogP contribution >= 0.6 is 38.5 Å². The van der Waals surface area contributed by atoms with Crippen molar-refractivity contribution in [2.45, 2.75) is 6.54 Å². The van der Waals surface area contributed by atoms with Gasteiger partial charge in [0.2, 0.25) is 0 Å². The maximum absolute atomic E-state index is 12.5. The van der Waals surface area contributed by atoms with Crippen LogP contribution in [0.25, 0.3) is 0 Å². The van der Waals surface area contributed by atoms with E-state index in [1.54, 1.807) is 6.20 Å². The summed E-state index contributed by atoms with van der Waals surface area (Å²) >= 11 is 5.56. The maximum atomic E-state index is 12.5. The van der Waals surface area contributed by atoms with Gasteiger partial charge in [0.1, 0.15) is 0 Å². The van der Waals surface area contributed by atoms with E-state index in [4.69, 9.17) is 0 Å². The number of hydrogen-bond donors (Lipinski definition) is 1. The summed E-state index contributed by atoms with van der Waals surface area (Å²) in [6.07, 6.45) is 3.66. The zero-order chi connectivity index (χ0) is 16.2. The van der Waals surface area contributed by atoms with Gasteiger partial charge < -0.3 is 5.32 Å². The second-order valence-corrected chi connectivity index (χ2v) is 7.06. The third-order valence-electron chi connectivity index (χ3n) is 3.26. The average Bonchev–Trinajstić information content (AvgIpc) is 3.03. The van der Waals surface area contributed by atoms with E-state index in [0.717, 1.165) is 19.3 Å². The van der Waals surface area contributed by atoms with E-state index in [0.29, 0.717) is 12.1 Å². The van der Waals surface area contributed by atoms with Gasteiger partial charge >= 0.3 is 0 Å². The van der Waals surface area contributed by atoms with Gasteiger partial charge in [-0.1, -0.05) is 28.1 Å². The fourth-order valence-electron chi connectivity index (χ4n) is 2.20. The highest BCUT2D eigenvalue weighted by molar-refractivity contribution is 14.1. The highest BCUT2D eigenvalue weighted by Gasteiger charge is 2.11. The summed E-state index contributed by atoms with van der Waals surface area (Å²) in [6.45, 7) is 0.672. The van der Waals surface area contributed by atoms with Crippen molar-refractivity contribution in [1.29, 1.82) is 0 Å². The maximum Gasteiger partial charge on any atom is 0.256 e. The van der Waals surface area contributed by atoms with Crippen LogP contribution in [-0.4, -0.2) is 15.7 Å². The molecule has 0 saturated carbocycles. The molecular formula is C17H13BrIN3O. The number of amides is 1. The average molecular weight is 482 g/mol. The van der Waals surface area contributed by atoms with E-state index in [9.17, 15) is 4.79 Å². The van der Waals surface area contributed by atoms with E-state index in [1.807, 2.05) is 59.4 Å². The number of nitrogens with zero attached hydrogens (tertiary/aromatic N) is 2. The van der Waals surface area contributed by atoms with Crippen LogP contribution in [0, 0.1) is 3.57 Å². The fraction of sp³-hybridized carbons (Fsp3) is 0.0588. The minimum atomic E-state index is -0.119. The van der Waals surface area contributed by atoms with Crippen molar-refractivity contribution in [2.75, 3.05) is 5.32 Å². The predicted molar refractivity (Wildman–Crippen MR) is 103 cm³/mol. The van der Waals surface area contributed by atoms with Crippen molar-refractivity contribution < 1.29 is 4.79 Å². The fourth-order valence-corrected chi connectivity index (χ4v) is 3.14. The number of benzene rings is 2. The van der Waals surface area contributed by atoms with Gasteiger partial charge in [-0.05, 0) is 64.6 Å². The number of halogens is 2.